The Morgan fingerprint density at radius 3 is 2.35 bits per heavy atom. The predicted octanol–water partition coefficient (Wildman–Crippen LogP) is 2.63. The number of aliphatic hydroxyl groups excluding tert-OH is 1. The third-order valence-electron chi connectivity index (χ3n) is 4.83. The smallest absolute Gasteiger partial charge is 0.315 e. The molecule has 2 aliphatic rings. The number of hydrogen-bond acceptors (Lipinski definition) is 2. The summed E-state index contributed by atoms with van der Waals surface area (Å²) in [5.41, 5.74) is 0.197. The van der Waals surface area contributed by atoms with E-state index in [1.807, 2.05) is 0 Å². The Hall–Kier alpha value is -1.76. The summed E-state index contributed by atoms with van der Waals surface area (Å²) in [6.07, 6.45) is 4.62. The van der Waals surface area contributed by atoms with Gasteiger partial charge in [-0.2, -0.15) is 0 Å². The summed E-state index contributed by atoms with van der Waals surface area (Å²) in [5.74, 6) is -3.59. The minimum atomic E-state index is -1.57. The molecular weight excluding hydrogens is 309 g/mol. The molecule has 2 saturated carbocycles. The number of carbonyl (C=O) groups excluding carboxylic acids is 1. The van der Waals surface area contributed by atoms with Crippen LogP contribution in [0.4, 0.5) is 18.0 Å². The van der Waals surface area contributed by atoms with Crippen LogP contribution in [0.2, 0.25) is 0 Å². The molecule has 1 aromatic rings. The summed E-state index contributed by atoms with van der Waals surface area (Å²) in [6.45, 7) is 0.0134. The first kappa shape index (κ1) is 16.1. The Labute approximate surface area is 132 Å². The molecule has 1 unspecified atom stereocenters. The van der Waals surface area contributed by atoms with E-state index >= 15 is 0 Å². The van der Waals surface area contributed by atoms with Crippen LogP contribution in [0.5, 0.6) is 0 Å². The summed E-state index contributed by atoms with van der Waals surface area (Å²) in [7, 11) is 0. The first-order valence-corrected chi connectivity index (χ1v) is 7.75. The zero-order valence-corrected chi connectivity index (χ0v) is 12.5. The van der Waals surface area contributed by atoms with Gasteiger partial charge >= 0.3 is 6.03 Å². The van der Waals surface area contributed by atoms with Crippen molar-refractivity contribution >= 4 is 6.03 Å². The van der Waals surface area contributed by atoms with E-state index in [0.29, 0.717) is 12.5 Å². The van der Waals surface area contributed by atoms with Crippen molar-refractivity contribution in [3.63, 3.8) is 0 Å². The number of nitrogens with one attached hydrogen (secondary N) is 2. The van der Waals surface area contributed by atoms with Gasteiger partial charge in [0.25, 0.3) is 0 Å². The maximum Gasteiger partial charge on any atom is 0.315 e. The van der Waals surface area contributed by atoms with Gasteiger partial charge < -0.3 is 15.7 Å². The van der Waals surface area contributed by atoms with E-state index in [1.165, 1.54) is 12.8 Å². The molecule has 4 nitrogen and oxygen atoms in total. The zero-order valence-electron chi connectivity index (χ0n) is 12.5. The fourth-order valence-corrected chi connectivity index (χ4v) is 3.06. The van der Waals surface area contributed by atoms with E-state index in [4.69, 9.17) is 0 Å². The highest BCUT2D eigenvalue weighted by Gasteiger charge is 2.53. The molecule has 0 saturated heterocycles. The molecule has 23 heavy (non-hydrogen) atoms. The third kappa shape index (κ3) is 3.44. The van der Waals surface area contributed by atoms with Gasteiger partial charge in [0.15, 0.2) is 17.5 Å². The van der Waals surface area contributed by atoms with E-state index in [-0.39, 0.29) is 11.0 Å². The van der Waals surface area contributed by atoms with Gasteiger partial charge in [0.1, 0.15) is 0 Å². The summed E-state index contributed by atoms with van der Waals surface area (Å²) < 4.78 is 39.5. The van der Waals surface area contributed by atoms with E-state index in [2.05, 4.69) is 10.6 Å². The molecule has 126 valence electrons. The quantitative estimate of drug-likeness (QED) is 0.703. The number of benzene rings is 1. The van der Waals surface area contributed by atoms with E-state index in [1.54, 1.807) is 0 Å². The SMILES string of the molecule is O=C(NCC1(C2CC2)CC1)NC(CO)c1cc(F)c(F)c(F)c1. The van der Waals surface area contributed by atoms with Crippen LogP contribution >= 0.6 is 0 Å². The second-order valence-electron chi connectivity index (χ2n) is 6.50. The number of carbonyl (C=O) groups is 1. The van der Waals surface area contributed by atoms with Crippen LogP contribution in [0, 0.1) is 28.8 Å². The second-order valence-corrected chi connectivity index (χ2v) is 6.50. The lowest BCUT2D eigenvalue weighted by Crippen LogP contribution is -2.42. The first-order valence-electron chi connectivity index (χ1n) is 7.75. The van der Waals surface area contributed by atoms with Gasteiger partial charge in [0, 0.05) is 6.54 Å². The Bertz CT molecular complexity index is 592. The van der Waals surface area contributed by atoms with Gasteiger partial charge in [0.2, 0.25) is 0 Å². The number of aliphatic hydroxyl groups is 1. The minimum absolute atomic E-state index is 0.0256. The first-order chi connectivity index (χ1) is 10.9. The Morgan fingerprint density at radius 1 is 1.26 bits per heavy atom. The highest BCUT2D eigenvalue weighted by molar-refractivity contribution is 5.74. The van der Waals surface area contributed by atoms with Crippen molar-refractivity contribution in [3.8, 4) is 0 Å². The molecule has 3 N–H and O–H groups in total. The van der Waals surface area contributed by atoms with Crippen LogP contribution in [-0.2, 0) is 0 Å². The number of amides is 2. The lowest BCUT2D eigenvalue weighted by Gasteiger charge is -2.20. The van der Waals surface area contributed by atoms with Crippen molar-refractivity contribution in [3.05, 3.63) is 35.1 Å². The Kier molecular flexibility index (Phi) is 4.23. The molecule has 1 aromatic carbocycles. The average molecular weight is 328 g/mol. The van der Waals surface area contributed by atoms with Crippen LogP contribution in [-0.4, -0.2) is 24.3 Å². The van der Waals surface area contributed by atoms with Gasteiger partial charge in [-0.05, 0) is 54.7 Å². The third-order valence-corrected chi connectivity index (χ3v) is 4.83. The highest BCUT2D eigenvalue weighted by atomic mass is 19.2. The van der Waals surface area contributed by atoms with Crippen molar-refractivity contribution in [1.82, 2.24) is 10.6 Å². The number of halogens is 3. The van der Waals surface area contributed by atoms with Crippen LogP contribution in [0.3, 0.4) is 0 Å². The molecule has 0 heterocycles. The van der Waals surface area contributed by atoms with Crippen molar-refractivity contribution in [2.75, 3.05) is 13.2 Å². The standard InChI is InChI=1S/C16H19F3N2O2/c17-11-5-9(6-12(18)14(11)19)13(7-22)21-15(23)20-8-16(3-4-16)10-1-2-10/h5-6,10,13,22H,1-4,7-8H2,(H2,20,21,23). The van der Waals surface area contributed by atoms with Crippen molar-refractivity contribution < 1.29 is 23.1 Å². The highest BCUT2D eigenvalue weighted by Crippen LogP contribution is 2.60. The topological polar surface area (TPSA) is 61.4 Å². The fraction of sp³-hybridized carbons (Fsp3) is 0.562. The molecule has 2 fully saturated rings. The predicted molar refractivity (Wildman–Crippen MR) is 77.1 cm³/mol. The zero-order chi connectivity index (χ0) is 16.6. The van der Waals surface area contributed by atoms with Gasteiger partial charge in [-0.15, -0.1) is 0 Å². The summed E-state index contributed by atoms with van der Waals surface area (Å²) >= 11 is 0. The second kappa shape index (κ2) is 6.03. The van der Waals surface area contributed by atoms with Crippen LogP contribution < -0.4 is 10.6 Å². The van der Waals surface area contributed by atoms with E-state index < -0.39 is 36.1 Å². The summed E-state index contributed by atoms with van der Waals surface area (Å²) in [6, 6.07) is 0.0231. The maximum atomic E-state index is 13.3. The van der Waals surface area contributed by atoms with Gasteiger partial charge in [-0.25, -0.2) is 18.0 Å². The molecule has 7 heteroatoms. The number of hydrogen-bond donors (Lipinski definition) is 3. The van der Waals surface area contributed by atoms with Crippen molar-refractivity contribution in [2.45, 2.75) is 31.7 Å². The molecular formula is C16H19F3N2O2. The minimum Gasteiger partial charge on any atom is -0.394 e. The lowest BCUT2D eigenvalue weighted by atomic mass is 10.0. The summed E-state index contributed by atoms with van der Waals surface area (Å²) in [5, 5.41) is 14.6. The fourth-order valence-electron chi connectivity index (χ4n) is 3.06. The molecule has 0 spiro atoms. The molecule has 0 aliphatic heterocycles. The normalized spacial score (nSPS) is 20.0. The monoisotopic (exact) mass is 328 g/mol. The van der Waals surface area contributed by atoms with Crippen LogP contribution in [0.25, 0.3) is 0 Å². The molecule has 2 amide bonds. The Balaban J connectivity index is 1.59. The molecule has 3 rings (SSSR count). The average Bonchev–Trinajstić information content (AvgIpc) is 3.39. The van der Waals surface area contributed by atoms with Crippen LogP contribution in [0.15, 0.2) is 12.1 Å². The largest absolute Gasteiger partial charge is 0.394 e. The molecule has 0 bridgehead atoms. The molecule has 1 atom stereocenters. The van der Waals surface area contributed by atoms with E-state index in [0.717, 1.165) is 25.0 Å². The van der Waals surface area contributed by atoms with E-state index in [9.17, 15) is 23.1 Å². The van der Waals surface area contributed by atoms with Crippen LogP contribution in [0.1, 0.15) is 37.3 Å². The van der Waals surface area contributed by atoms with Gasteiger partial charge in [-0.1, -0.05) is 0 Å². The maximum absolute atomic E-state index is 13.3. The summed E-state index contributed by atoms with van der Waals surface area (Å²) in [4.78, 5) is 11.9. The Morgan fingerprint density at radius 2 is 1.87 bits per heavy atom. The molecule has 0 aromatic heterocycles. The van der Waals surface area contributed by atoms with Gasteiger partial charge in [0.05, 0.1) is 12.6 Å². The molecule has 2 aliphatic carbocycles. The number of rotatable bonds is 6. The number of urea groups is 1. The lowest BCUT2D eigenvalue weighted by molar-refractivity contribution is 0.214. The van der Waals surface area contributed by atoms with Gasteiger partial charge in [-0.3, -0.25) is 0 Å². The van der Waals surface area contributed by atoms with Crippen molar-refractivity contribution in [2.24, 2.45) is 11.3 Å². The van der Waals surface area contributed by atoms with Crippen molar-refractivity contribution in [1.29, 1.82) is 0 Å². The molecule has 0 radical (unpaired) electrons.